The normalized spacial score (nSPS) is 18.8. The molecule has 1 saturated heterocycles. The van der Waals surface area contributed by atoms with Gasteiger partial charge in [-0.25, -0.2) is 14.4 Å². The van der Waals surface area contributed by atoms with E-state index >= 15 is 0 Å². The molecular weight excluding hydrogens is 210 g/mol. The lowest BCUT2D eigenvalue weighted by Gasteiger charge is -2.16. The molecule has 0 spiro atoms. The Morgan fingerprint density at radius 1 is 1.47 bits per heavy atom. The Labute approximate surface area is 83.3 Å². The molecule has 0 saturated carbocycles. The fourth-order valence-electron chi connectivity index (χ4n) is 0.963. The highest BCUT2D eigenvalue weighted by molar-refractivity contribution is 5.91. The maximum absolute atomic E-state index is 11.0. The van der Waals surface area contributed by atoms with Crippen LogP contribution >= 0.6 is 0 Å². The van der Waals surface area contributed by atoms with E-state index in [4.69, 9.17) is 0 Å². The van der Waals surface area contributed by atoms with E-state index in [9.17, 15) is 24.5 Å². The van der Waals surface area contributed by atoms with Crippen LogP contribution in [0.25, 0.3) is 0 Å². The Morgan fingerprint density at radius 3 is 2.33 bits per heavy atom. The summed E-state index contributed by atoms with van der Waals surface area (Å²) in [7, 11) is 0.951. The van der Waals surface area contributed by atoms with Gasteiger partial charge in [0.25, 0.3) is 0 Å². The van der Waals surface area contributed by atoms with Crippen molar-refractivity contribution < 1.29 is 29.2 Å². The van der Waals surface area contributed by atoms with E-state index in [1.807, 2.05) is 0 Å². The quantitative estimate of drug-likeness (QED) is 0.224. The molecule has 1 rings (SSSR count). The van der Waals surface area contributed by atoms with Crippen LogP contribution in [0.1, 0.15) is 12.8 Å². The first-order valence-electron chi connectivity index (χ1n) is 3.91. The van der Waals surface area contributed by atoms with Gasteiger partial charge in [0, 0.05) is 7.05 Å². The van der Waals surface area contributed by atoms with Crippen molar-refractivity contribution in [2.75, 3.05) is 7.05 Å². The van der Waals surface area contributed by atoms with Crippen LogP contribution < -0.4 is 0 Å². The van der Waals surface area contributed by atoms with E-state index in [1.54, 1.807) is 0 Å². The van der Waals surface area contributed by atoms with E-state index < -0.39 is 22.7 Å². The number of carbonyl (C=O) groups excluding carboxylic acids is 3. The van der Waals surface area contributed by atoms with Crippen molar-refractivity contribution in [1.82, 2.24) is 5.01 Å². The molecule has 1 aliphatic heterocycles. The van der Waals surface area contributed by atoms with Gasteiger partial charge in [0.15, 0.2) is 0 Å². The smallest absolute Gasteiger partial charge is 0.222 e. The molecule has 0 radical (unpaired) electrons. The summed E-state index contributed by atoms with van der Waals surface area (Å²) in [5, 5.41) is 11.7. The zero-order valence-corrected chi connectivity index (χ0v) is 7.74. The second kappa shape index (κ2) is 3.71. The number of nitrogens with zero attached hydrogens (tertiary/aromatic N) is 3. The van der Waals surface area contributed by atoms with Crippen molar-refractivity contribution in [2.24, 2.45) is 5.29 Å². The number of hydrogen-bond acceptors (Lipinski definition) is 7. The number of carbonyl (C=O) groups is 3. The lowest BCUT2D eigenvalue weighted by Crippen LogP contribution is -2.52. The topological polar surface area (TPSA) is 113 Å². The highest BCUT2D eigenvalue weighted by atomic mass is 17.0. The van der Waals surface area contributed by atoms with Gasteiger partial charge >= 0.3 is 17.9 Å². The minimum absolute atomic E-state index is 0.203. The number of rotatable bonds is 2. The number of nitroso groups, excluding NO2 is 1. The van der Waals surface area contributed by atoms with Crippen LogP contribution in [-0.4, -0.2) is 40.0 Å². The third-order valence-corrected chi connectivity index (χ3v) is 1.83. The standard InChI is InChI=1S/C6H8N3O6/c1-8(7-13)6(12)15-9(14)4(10)2-3-5(9)11/h14H,2-3H2,1H3/q+1. The largest absolute Gasteiger partial charge is 0.492 e. The van der Waals surface area contributed by atoms with E-state index in [2.05, 4.69) is 10.1 Å². The summed E-state index contributed by atoms with van der Waals surface area (Å²) >= 11 is 0. The van der Waals surface area contributed by atoms with Crippen molar-refractivity contribution in [3.63, 3.8) is 0 Å². The molecule has 0 aromatic carbocycles. The fourth-order valence-corrected chi connectivity index (χ4v) is 0.963. The summed E-state index contributed by atoms with van der Waals surface area (Å²) in [6, 6.07) is 0. The highest BCUT2D eigenvalue weighted by Crippen LogP contribution is 2.21. The predicted molar refractivity (Wildman–Crippen MR) is 41.3 cm³/mol. The zero-order chi connectivity index (χ0) is 11.6. The van der Waals surface area contributed by atoms with Crippen molar-refractivity contribution in [1.29, 1.82) is 0 Å². The van der Waals surface area contributed by atoms with Crippen LogP contribution in [0.15, 0.2) is 5.29 Å². The minimum atomic E-state index is -2.06. The number of hydrogen-bond donors (Lipinski definition) is 1. The molecule has 0 unspecified atom stereocenters. The lowest BCUT2D eigenvalue weighted by atomic mass is 10.4. The number of quaternary nitrogens is 1. The van der Waals surface area contributed by atoms with Crippen LogP contribution in [0, 0.1) is 4.91 Å². The van der Waals surface area contributed by atoms with E-state index in [-0.39, 0.29) is 17.9 Å². The lowest BCUT2D eigenvalue weighted by molar-refractivity contribution is -1.12. The third-order valence-electron chi connectivity index (χ3n) is 1.83. The van der Waals surface area contributed by atoms with Gasteiger partial charge in [0.2, 0.25) is 0 Å². The summed E-state index contributed by atoms with van der Waals surface area (Å²) in [6.45, 7) is 0. The molecule has 1 fully saturated rings. The Morgan fingerprint density at radius 2 is 1.93 bits per heavy atom. The molecule has 3 amide bonds. The first kappa shape index (κ1) is 11.2. The van der Waals surface area contributed by atoms with Gasteiger partial charge in [-0.15, -0.1) is 4.91 Å². The van der Waals surface area contributed by atoms with E-state index in [0.29, 0.717) is 0 Å². The number of imide groups is 1. The summed E-state index contributed by atoms with van der Waals surface area (Å²) in [5.41, 5.74) is 0. The number of amides is 3. The SMILES string of the molecule is CN(N=O)C(=O)O[N+]1(O)C(=O)CCC1=O. The summed E-state index contributed by atoms with van der Waals surface area (Å²) in [6.07, 6.45) is -1.84. The van der Waals surface area contributed by atoms with Crippen LogP contribution in [0.3, 0.4) is 0 Å². The molecule has 0 aliphatic carbocycles. The van der Waals surface area contributed by atoms with Crippen LogP contribution in [0.5, 0.6) is 0 Å². The van der Waals surface area contributed by atoms with Crippen LogP contribution in [-0.2, 0) is 14.4 Å². The highest BCUT2D eigenvalue weighted by Gasteiger charge is 2.56. The monoisotopic (exact) mass is 218 g/mol. The van der Waals surface area contributed by atoms with Crippen LogP contribution in [0.4, 0.5) is 4.79 Å². The van der Waals surface area contributed by atoms with Gasteiger partial charge in [-0.1, -0.05) is 0 Å². The Bertz CT molecular complexity index is 324. The second-order valence-electron chi connectivity index (χ2n) is 2.83. The maximum Gasteiger partial charge on any atom is 0.492 e. The second-order valence-corrected chi connectivity index (χ2v) is 2.83. The van der Waals surface area contributed by atoms with Crippen molar-refractivity contribution >= 4 is 17.9 Å². The Kier molecular flexibility index (Phi) is 2.77. The zero-order valence-electron chi connectivity index (χ0n) is 7.74. The first-order chi connectivity index (χ1) is 6.91. The predicted octanol–water partition coefficient (Wildman–Crippen LogP) is -0.296. The third kappa shape index (κ3) is 1.82. The molecule has 15 heavy (non-hydrogen) atoms. The molecule has 9 nitrogen and oxygen atoms in total. The average Bonchev–Trinajstić information content (AvgIpc) is 2.45. The molecule has 0 atom stereocenters. The van der Waals surface area contributed by atoms with Gasteiger partial charge in [-0.2, -0.15) is 15.1 Å². The van der Waals surface area contributed by atoms with Crippen molar-refractivity contribution in [3.05, 3.63) is 4.91 Å². The van der Waals surface area contributed by atoms with Gasteiger partial charge in [0.1, 0.15) is 4.81 Å². The molecule has 0 bridgehead atoms. The summed E-state index contributed by atoms with van der Waals surface area (Å²) < 4.78 is 0. The van der Waals surface area contributed by atoms with Crippen LogP contribution in [0.2, 0.25) is 0 Å². The molecule has 1 N–H and O–H groups in total. The van der Waals surface area contributed by atoms with Gasteiger partial charge in [-0.05, 0) is 0 Å². The number of hydroxylamine groups is 4. The summed E-state index contributed by atoms with van der Waals surface area (Å²) in [4.78, 5) is 45.1. The van der Waals surface area contributed by atoms with Crippen molar-refractivity contribution in [2.45, 2.75) is 12.8 Å². The van der Waals surface area contributed by atoms with Gasteiger partial charge in [-0.3, -0.25) is 0 Å². The molecule has 9 heteroatoms. The fraction of sp³-hybridized carbons (Fsp3) is 0.500. The molecule has 82 valence electrons. The molecular formula is C6H8N3O6+. The molecule has 0 aromatic heterocycles. The van der Waals surface area contributed by atoms with Gasteiger partial charge < -0.3 is 0 Å². The minimum Gasteiger partial charge on any atom is -0.222 e. The molecule has 0 aromatic rings. The Balaban J connectivity index is 2.80. The first-order valence-corrected chi connectivity index (χ1v) is 3.91. The van der Waals surface area contributed by atoms with Gasteiger partial charge in [0.05, 0.1) is 18.1 Å². The van der Waals surface area contributed by atoms with Crippen molar-refractivity contribution in [3.8, 4) is 0 Å². The molecule has 1 heterocycles. The molecule has 1 aliphatic rings. The van der Waals surface area contributed by atoms with E-state index in [0.717, 1.165) is 7.05 Å². The Hall–Kier alpha value is -1.87. The maximum atomic E-state index is 11.0. The average molecular weight is 218 g/mol. The van der Waals surface area contributed by atoms with E-state index in [1.165, 1.54) is 0 Å². The summed E-state index contributed by atoms with van der Waals surface area (Å²) in [5.74, 6) is -1.93.